The molecule has 1 aromatic carbocycles. The molecular weight excluding hydrogens is 196 g/mol. The summed E-state index contributed by atoms with van der Waals surface area (Å²) in [6.45, 7) is 6.85. The molecule has 1 aliphatic rings. The van der Waals surface area contributed by atoms with Gasteiger partial charge in [-0.05, 0) is 50.5 Å². The van der Waals surface area contributed by atoms with Crippen molar-refractivity contribution < 1.29 is 0 Å². The first-order chi connectivity index (χ1) is 7.75. The lowest BCUT2D eigenvalue weighted by Gasteiger charge is -2.12. The standard InChI is InChI=1S/C14H22N2/c1-12-5-3-4-6-14(12)10-15-9-13-7-8-16(2)11-13/h3-6,13,15H,7-11H2,1-2H3. The lowest BCUT2D eigenvalue weighted by Crippen LogP contribution is -2.24. The number of nitrogens with zero attached hydrogens (tertiary/aromatic N) is 1. The van der Waals surface area contributed by atoms with Gasteiger partial charge in [0.05, 0.1) is 0 Å². The lowest BCUT2D eigenvalue weighted by atomic mass is 10.1. The molecule has 0 saturated carbocycles. The summed E-state index contributed by atoms with van der Waals surface area (Å²) >= 11 is 0. The Morgan fingerprint density at radius 3 is 2.88 bits per heavy atom. The molecule has 16 heavy (non-hydrogen) atoms. The SMILES string of the molecule is Cc1ccccc1CNCC1CCN(C)C1. The van der Waals surface area contributed by atoms with Crippen LogP contribution in [-0.4, -0.2) is 31.6 Å². The van der Waals surface area contributed by atoms with Crippen LogP contribution in [0.25, 0.3) is 0 Å². The summed E-state index contributed by atoms with van der Waals surface area (Å²) in [5.74, 6) is 0.842. The highest BCUT2D eigenvalue weighted by molar-refractivity contribution is 5.25. The van der Waals surface area contributed by atoms with Crippen LogP contribution in [0.4, 0.5) is 0 Å². The Labute approximate surface area is 98.7 Å². The van der Waals surface area contributed by atoms with Gasteiger partial charge in [-0.15, -0.1) is 0 Å². The average molecular weight is 218 g/mol. The number of likely N-dealkylation sites (tertiary alicyclic amines) is 1. The zero-order chi connectivity index (χ0) is 11.4. The van der Waals surface area contributed by atoms with Crippen molar-refractivity contribution in [2.75, 3.05) is 26.7 Å². The number of hydrogen-bond acceptors (Lipinski definition) is 2. The van der Waals surface area contributed by atoms with Gasteiger partial charge in [0.15, 0.2) is 0 Å². The van der Waals surface area contributed by atoms with E-state index in [0.29, 0.717) is 0 Å². The largest absolute Gasteiger partial charge is 0.312 e. The van der Waals surface area contributed by atoms with Gasteiger partial charge in [-0.1, -0.05) is 24.3 Å². The molecule has 1 N–H and O–H groups in total. The van der Waals surface area contributed by atoms with Crippen molar-refractivity contribution in [2.24, 2.45) is 5.92 Å². The van der Waals surface area contributed by atoms with Gasteiger partial charge in [0.1, 0.15) is 0 Å². The molecule has 0 amide bonds. The van der Waals surface area contributed by atoms with Crippen LogP contribution < -0.4 is 5.32 Å². The molecule has 1 fully saturated rings. The van der Waals surface area contributed by atoms with Crippen molar-refractivity contribution in [3.8, 4) is 0 Å². The molecule has 0 aromatic heterocycles. The van der Waals surface area contributed by atoms with E-state index in [1.54, 1.807) is 0 Å². The molecule has 1 aliphatic heterocycles. The van der Waals surface area contributed by atoms with Gasteiger partial charge in [0.25, 0.3) is 0 Å². The molecule has 1 heterocycles. The molecule has 0 bridgehead atoms. The fraction of sp³-hybridized carbons (Fsp3) is 0.571. The van der Waals surface area contributed by atoms with Gasteiger partial charge in [0.2, 0.25) is 0 Å². The Kier molecular flexibility index (Phi) is 3.97. The van der Waals surface area contributed by atoms with Crippen molar-refractivity contribution in [3.63, 3.8) is 0 Å². The number of aryl methyl sites for hydroxylation is 1. The third kappa shape index (κ3) is 3.06. The van der Waals surface area contributed by atoms with Crippen molar-refractivity contribution in [2.45, 2.75) is 19.9 Å². The molecule has 1 saturated heterocycles. The Morgan fingerprint density at radius 2 is 2.19 bits per heavy atom. The summed E-state index contributed by atoms with van der Waals surface area (Å²) in [5.41, 5.74) is 2.81. The summed E-state index contributed by atoms with van der Waals surface area (Å²) < 4.78 is 0. The Balaban J connectivity index is 1.74. The van der Waals surface area contributed by atoms with E-state index in [-0.39, 0.29) is 0 Å². The fourth-order valence-electron chi connectivity index (χ4n) is 2.41. The minimum Gasteiger partial charge on any atom is -0.312 e. The molecule has 0 spiro atoms. The Hall–Kier alpha value is -0.860. The van der Waals surface area contributed by atoms with E-state index >= 15 is 0 Å². The topological polar surface area (TPSA) is 15.3 Å². The first-order valence-corrected chi connectivity index (χ1v) is 6.19. The maximum absolute atomic E-state index is 3.58. The predicted octanol–water partition coefficient (Wildman–Crippen LogP) is 2.04. The van der Waals surface area contributed by atoms with Crippen molar-refractivity contribution in [1.82, 2.24) is 10.2 Å². The highest BCUT2D eigenvalue weighted by Gasteiger charge is 2.18. The molecule has 1 unspecified atom stereocenters. The van der Waals surface area contributed by atoms with E-state index in [2.05, 4.69) is 48.5 Å². The quantitative estimate of drug-likeness (QED) is 0.832. The first-order valence-electron chi connectivity index (χ1n) is 6.19. The van der Waals surface area contributed by atoms with Crippen LogP contribution >= 0.6 is 0 Å². The lowest BCUT2D eigenvalue weighted by molar-refractivity contribution is 0.388. The van der Waals surface area contributed by atoms with Crippen LogP contribution in [0.3, 0.4) is 0 Å². The summed E-state index contributed by atoms with van der Waals surface area (Å²) in [4.78, 5) is 2.42. The van der Waals surface area contributed by atoms with Gasteiger partial charge >= 0.3 is 0 Å². The number of rotatable bonds is 4. The van der Waals surface area contributed by atoms with Crippen molar-refractivity contribution in [1.29, 1.82) is 0 Å². The highest BCUT2D eigenvalue weighted by Crippen LogP contribution is 2.13. The molecule has 1 atom stereocenters. The minimum absolute atomic E-state index is 0.842. The van der Waals surface area contributed by atoms with Crippen LogP contribution in [0.15, 0.2) is 24.3 Å². The van der Waals surface area contributed by atoms with E-state index < -0.39 is 0 Å². The predicted molar refractivity (Wildman–Crippen MR) is 68.5 cm³/mol. The van der Waals surface area contributed by atoms with Crippen LogP contribution in [-0.2, 0) is 6.54 Å². The molecule has 1 aromatic rings. The average Bonchev–Trinajstić information content (AvgIpc) is 2.67. The summed E-state index contributed by atoms with van der Waals surface area (Å²) in [5, 5.41) is 3.58. The second-order valence-corrected chi connectivity index (χ2v) is 4.97. The second-order valence-electron chi connectivity index (χ2n) is 4.97. The molecule has 2 nitrogen and oxygen atoms in total. The molecular formula is C14H22N2. The van der Waals surface area contributed by atoms with Gasteiger partial charge in [-0.3, -0.25) is 0 Å². The van der Waals surface area contributed by atoms with Crippen LogP contribution in [0, 0.1) is 12.8 Å². The Morgan fingerprint density at radius 1 is 1.38 bits per heavy atom. The maximum atomic E-state index is 3.58. The second kappa shape index (κ2) is 5.46. The molecule has 0 radical (unpaired) electrons. The van der Waals surface area contributed by atoms with Gasteiger partial charge in [0, 0.05) is 13.1 Å². The van der Waals surface area contributed by atoms with E-state index in [0.717, 1.165) is 19.0 Å². The molecule has 2 rings (SSSR count). The maximum Gasteiger partial charge on any atom is 0.0208 e. The van der Waals surface area contributed by atoms with E-state index in [1.807, 2.05) is 0 Å². The van der Waals surface area contributed by atoms with Crippen LogP contribution in [0.1, 0.15) is 17.5 Å². The third-order valence-corrected chi connectivity index (χ3v) is 3.50. The number of benzene rings is 1. The normalized spacial score (nSPS) is 21.5. The van der Waals surface area contributed by atoms with Crippen LogP contribution in [0.2, 0.25) is 0 Å². The number of hydrogen-bond donors (Lipinski definition) is 1. The zero-order valence-corrected chi connectivity index (χ0v) is 10.4. The molecule has 88 valence electrons. The van der Waals surface area contributed by atoms with E-state index in [1.165, 1.54) is 30.6 Å². The van der Waals surface area contributed by atoms with E-state index in [4.69, 9.17) is 0 Å². The first kappa shape index (κ1) is 11.6. The van der Waals surface area contributed by atoms with Gasteiger partial charge in [-0.2, -0.15) is 0 Å². The number of nitrogens with one attached hydrogen (secondary N) is 1. The van der Waals surface area contributed by atoms with E-state index in [9.17, 15) is 0 Å². The van der Waals surface area contributed by atoms with Crippen molar-refractivity contribution in [3.05, 3.63) is 35.4 Å². The smallest absolute Gasteiger partial charge is 0.0208 e. The summed E-state index contributed by atoms with van der Waals surface area (Å²) in [6, 6.07) is 8.61. The fourth-order valence-corrected chi connectivity index (χ4v) is 2.41. The van der Waals surface area contributed by atoms with Crippen LogP contribution in [0.5, 0.6) is 0 Å². The molecule has 0 aliphatic carbocycles. The van der Waals surface area contributed by atoms with Gasteiger partial charge in [-0.25, -0.2) is 0 Å². The molecule has 2 heteroatoms. The minimum atomic E-state index is 0.842. The third-order valence-electron chi connectivity index (χ3n) is 3.50. The summed E-state index contributed by atoms with van der Waals surface area (Å²) in [6.07, 6.45) is 1.34. The van der Waals surface area contributed by atoms with Gasteiger partial charge < -0.3 is 10.2 Å². The summed E-state index contributed by atoms with van der Waals surface area (Å²) in [7, 11) is 2.21. The van der Waals surface area contributed by atoms with Crippen molar-refractivity contribution >= 4 is 0 Å². The Bertz CT molecular complexity index is 335. The highest BCUT2D eigenvalue weighted by atomic mass is 15.1. The zero-order valence-electron chi connectivity index (χ0n) is 10.4. The monoisotopic (exact) mass is 218 g/mol.